The maximum atomic E-state index is 11.8. The quantitative estimate of drug-likeness (QED) is 0.731. The van der Waals surface area contributed by atoms with Crippen LogP contribution in [0, 0.1) is 0 Å². The molecule has 23 heavy (non-hydrogen) atoms. The lowest BCUT2D eigenvalue weighted by Crippen LogP contribution is -2.35. The topological polar surface area (TPSA) is 96.3 Å². The number of anilines is 1. The maximum absolute atomic E-state index is 11.8. The van der Waals surface area contributed by atoms with Crippen molar-refractivity contribution < 1.29 is 13.2 Å². The molecule has 8 nitrogen and oxygen atoms in total. The second-order valence-electron chi connectivity index (χ2n) is 6.31. The molecule has 0 aromatic carbocycles. The van der Waals surface area contributed by atoms with Crippen LogP contribution in [0.1, 0.15) is 34.1 Å². The molecule has 0 aliphatic carbocycles. The highest BCUT2D eigenvalue weighted by atomic mass is 32.2. The molecule has 132 valence electrons. The molecule has 0 aliphatic heterocycles. The molecule has 0 saturated heterocycles. The highest BCUT2D eigenvalue weighted by Crippen LogP contribution is 2.14. The predicted octanol–water partition coefficient (Wildman–Crippen LogP) is 1.43. The molecule has 0 atom stereocenters. The van der Waals surface area contributed by atoms with Gasteiger partial charge in [0.1, 0.15) is 0 Å². The third-order valence-corrected chi connectivity index (χ3v) is 4.59. The molecule has 1 heterocycles. The molecule has 0 bridgehead atoms. The minimum Gasteiger partial charge on any atom is -0.338 e. The van der Waals surface area contributed by atoms with E-state index in [0.717, 1.165) is 0 Å². The van der Waals surface area contributed by atoms with Gasteiger partial charge in [-0.3, -0.25) is 10.00 Å². The Labute approximate surface area is 138 Å². The lowest BCUT2D eigenvalue weighted by molar-refractivity contribution is 0.251. The Kier molecular flexibility index (Phi) is 6.57. The number of hydrogen-bond acceptors (Lipinski definition) is 4. The smallest absolute Gasteiger partial charge is 0.320 e. The van der Waals surface area contributed by atoms with E-state index in [-0.39, 0.29) is 11.6 Å². The SMILES string of the molecule is CCN(CCCNC(=O)Nc1ccn(C(C)(C)C)n1)S(C)(=O)=O. The Bertz CT molecular complexity index is 619. The van der Waals surface area contributed by atoms with E-state index in [0.29, 0.717) is 31.9 Å². The molecule has 0 saturated carbocycles. The van der Waals surface area contributed by atoms with Crippen LogP contribution in [-0.2, 0) is 15.6 Å². The molecule has 9 heteroatoms. The predicted molar refractivity (Wildman–Crippen MR) is 91.0 cm³/mol. The second-order valence-corrected chi connectivity index (χ2v) is 8.29. The molecular weight excluding hydrogens is 318 g/mol. The highest BCUT2D eigenvalue weighted by Gasteiger charge is 2.15. The normalized spacial score (nSPS) is 12.4. The van der Waals surface area contributed by atoms with Crippen LogP contribution in [0.5, 0.6) is 0 Å². The Morgan fingerprint density at radius 3 is 2.52 bits per heavy atom. The molecule has 0 unspecified atom stereocenters. The van der Waals surface area contributed by atoms with Gasteiger partial charge in [0.2, 0.25) is 10.0 Å². The molecule has 0 spiro atoms. The Balaban J connectivity index is 2.36. The van der Waals surface area contributed by atoms with Crippen LogP contribution in [0.15, 0.2) is 12.3 Å². The van der Waals surface area contributed by atoms with E-state index in [2.05, 4.69) is 15.7 Å². The monoisotopic (exact) mass is 345 g/mol. The van der Waals surface area contributed by atoms with Crippen molar-refractivity contribution in [1.82, 2.24) is 19.4 Å². The fraction of sp³-hybridized carbons (Fsp3) is 0.714. The average Bonchev–Trinajstić information content (AvgIpc) is 2.85. The molecular formula is C14H27N5O3S. The standard InChI is InChI=1S/C14H27N5O3S/c1-6-18(23(5,21)22)10-7-9-15-13(20)16-12-8-11-19(17-12)14(2,3)4/h8,11H,6-7,9-10H2,1-5H3,(H2,15,16,17,20). The molecule has 1 aromatic heterocycles. The van der Waals surface area contributed by atoms with Gasteiger partial charge < -0.3 is 5.32 Å². The van der Waals surface area contributed by atoms with Gasteiger partial charge in [-0.05, 0) is 27.2 Å². The van der Waals surface area contributed by atoms with E-state index in [9.17, 15) is 13.2 Å². The summed E-state index contributed by atoms with van der Waals surface area (Å²) in [6.07, 6.45) is 3.54. The number of hydrogen-bond donors (Lipinski definition) is 2. The molecule has 0 radical (unpaired) electrons. The van der Waals surface area contributed by atoms with E-state index in [1.807, 2.05) is 20.8 Å². The number of nitrogens with one attached hydrogen (secondary N) is 2. The van der Waals surface area contributed by atoms with Crippen LogP contribution in [0.2, 0.25) is 0 Å². The van der Waals surface area contributed by atoms with Crippen molar-refractivity contribution in [3.8, 4) is 0 Å². The van der Waals surface area contributed by atoms with Gasteiger partial charge in [-0.1, -0.05) is 6.92 Å². The van der Waals surface area contributed by atoms with E-state index in [1.165, 1.54) is 10.6 Å². The van der Waals surface area contributed by atoms with Gasteiger partial charge in [-0.15, -0.1) is 0 Å². The molecule has 0 fully saturated rings. The average molecular weight is 345 g/mol. The number of rotatable bonds is 7. The van der Waals surface area contributed by atoms with Crippen molar-refractivity contribution in [3.63, 3.8) is 0 Å². The third kappa shape index (κ3) is 6.57. The van der Waals surface area contributed by atoms with Gasteiger partial charge in [0.25, 0.3) is 0 Å². The Hall–Kier alpha value is -1.61. The molecule has 1 rings (SSSR count). The summed E-state index contributed by atoms with van der Waals surface area (Å²) in [5.41, 5.74) is -0.147. The fourth-order valence-electron chi connectivity index (χ4n) is 1.94. The van der Waals surface area contributed by atoms with E-state index < -0.39 is 10.0 Å². The van der Waals surface area contributed by atoms with Crippen LogP contribution in [0.3, 0.4) is 0 Å². The van der Waals surface area contributed by atoms with Crippen molar-refractivity contribution in [2.75, 3.05) is 31.2 Å². The lowest BCUT2D eigenvalue weighted by Gasteiger charge is -2.18. The minimum absolute atomic E-state index is 0.147. The van der Waals surface area contributed by atoms with Crippen LogP contribution < -0.4 is 10.6 Å². The van der Waals surface area contributed by atoms with Crippen LogP contribution in [0.4, 0.5) is 10.6 Å². The summed E-state index contributed by atoms with van der Waals surface area (Å²) in [5, 5.41) is 9.62. The summed E-state index contributed by atoms with van der Waals surface area (Å²) in [6.45, 7) is 9.04. The number of amides is 2. The van der Waals surface area contributed by atoms with Crippen molar-refractivity contribution in [1.29, 1.82) is 0 Å². The molecule has 2 N–H and O–H groups in total. The summed E-state index contributed by atoms with van der Waals surface area (Å²) < 4.78 is 26.0. The largest absolute Gasteiger partial charge is 0.338 e. The number of urea groups is 1. The number of sulfonamides is 1. The Morgan fingerprint density at radius 2 is 2.04 bits per heavy atom. The van der Waals surface area contributed by atoms with Crippen LogP contribution >= 0.6 is 0 Å². The summed E-state index contributed by atoms with van der Waals surface area (Å²) in [6, 6.07) is 1.37. The summed E-state index contributed by atoms with van der Waals surface area (Å²) in [5.74, 6) is 0.476. The molecule has 2 amide bonds. The van der Waals surface area contributed by atoms with Crippen molar-refractivity contribution in [2.45, 2.75) is 39.7 Å². The zero-order valence-corrected chi connectivity index (χ0v) is 15.3. The summed E-state index contributed by atoms with van der Waals surface area (Å²) in [4.78, 5) is 11.8. The van der Waals surface area contributed by atoms with Gasteiger partial charge in [0.15, 0.2) is 5.82 Å². The third-order valence-electron chi connectivity index (χ3n) is 3.21. The highest BCUT2D eigenvalue weighted by molar-refractivity contribution is 7.88. The van der Waals surface area contributed by atoms with Gasteiger partial charge >= 0.3 is 6.03 Å². The first kappa shape index (κ1) is 19.4. The van der Waals surface area contributed by atoms with Gasteiger partial charge in [-0.25, -0.2) is 17.5 Å². The number of carbonyl (C=O) groups is 1. The number of nitrogens with zero attached hydrogens (tertiary/aromatic N) is 3. The van der Waals surface area contributed by atoms with Crippen molar-refractivity contribution in [2.24, 2.45) is 0 Å². The van der Waals surface area contributed by atoms with Gasteiger partial charge in [-0.2, -0.15) is 5.10 Å². The first-order valence-electron chi connectivity index (χ1n) is 7.60. The lowest BCUT2D eigenvalue weighted by atomic mass is 10.1. The first-order chi connectivity index (χ1) is 10.5. The van der Waals surface area contributed by atoms with Gasteiger partial charge in [0, 0.05) is 31.9 Å². The zero-order chi connectivity index (χ0) is 17.7. The van der Waals surface area contributed by atoms with Crippen molar-refractivity contribution >= 4 is 21.9 Å². The molecule has 1 aromatic rings. The number of carbonyl (C=O) groups excluding carboxylic acids is 1. The van der Waals surface area contributed by atoms with E-state index in [1.54, 1.807) is 23.9 Å². The van der Waals surface area contributed by atoms with E-state index >= 15 is 0 Å². The number of aromatic nitrogens is 2. The second kappa shape index (κ2) is 7.78. The Morgan fingerprint density at radius 1 is 1.39 bits per heavy atom. The van der Waals surface area contributed by atoms with Gasteiger partial charge in [0.05, 0.1) is 11.8 Å². The van der Waals surface area contributed by atoms with Crippen LogP contribution in [0.25, 0.3) is 0 Å². The van der Waals surface area contributed by atoms with E-state index in [4.69, 9.17) is 0 Å². The van der Waals surface area contributed by atoms with Crippen molar-refractivity contribution in [3.05, 3.63) is 12.3 Å². The first-order valence-corrected chi connectivity index (χ1v) is 9.45. The minimum atomic E-state index is -3.18. The fourth-order valence-corrected chi connectivity index (χ4v) is 2.87. The maximum Gasteiger partial charge on any atom is 0.320 e. The molecule has 0 aliphatic rings. The summed E-state index contributed by atoms with van der Waals surface area (Å²) >= 11 is 0. The van der Waals surface area contributed by atoms with Crippen LogP contribution in [-0.4, -0.2) is 54.4 Å². The zero-order valence-electron chi connectivity index (χ0n) is 14.5. The summed E-state index contributed by atoms with van der Waals surface area (Å²) in [7, 11) is -3.18.